The van der Waals surface area contributed by atoms with Crippen LogP contribution < -0.4 is 10.6 Å². The molecule has 0 unspecified atom stereocenters. The van der Waals surface area contributed by atoms with Gasteiger partial charge in [-0.15, -0.1) is 0 Å². The number of carbonyl (C=O) groups excluding carboxylic acids is 2. The number of hydrogen-bond donors (Lipinski definition) is 2. The van der Waals surface area contributed by atoms with Crippen molar-refractivity contribution in [1.29, 1.82) is 0 Å². The SMILES string of the molecule is [2H]C1([2H])NC(=O)[C@]([2H])(C([2H])(C([2H])([2H])[2H])C([2H])([2H])[2H])NC1=O. The highest BCUT2D eigenvalue weighted by Crippen LogP contribution is 2.03. The molecule has 11 heavy (non-hydrogen) atoms. The Morgan fingerprint density at radius 1 is 1.91 bits per heavy atom. The molecular weight excluding hydrogens is 144 g/mol. The van der Waals surface area contributed by atoms with Gasteiger partial charge in [0, 0.05) is 9.60 Å². The maximum Gasteiger partial charge on any atom is 0.243 e. The third kappa shape index (κ3) is 1.69. The summed E-state index contributed by atoms with van der Waals surface area (Å²) in [6.07, 6.45) is 0. The lowest BCUT2D eigenvalue weighted by Gasteiger charge is -2.25. The summed E-state index contributed by atoms with van der Waals surface area (Å²) in [6, 6.07) is -3.41. The molecule has 0 aromatic heterocycles. The smallest absolute Gasteiger partial charge is 0.243 e. The maximum atomic E-state index is 11.8. The molecular formula is C7H12N2O2. The van der Waals surface area contributed by atoms with E-state index in [2.05, 4.69) is 0 Å². The van der Waals surface area contributed by atoms with Gasteiger partial charge in [-0.1, -0.05) is 13.7 Å². The second-order valence-corrected chi connectivity index (χ2v) is 1.78. The summed E-state index contributed by atoms with van der Waals surface area (Å²) in [5.74, 6) is -7.03. The minimum absolute atomic E-state index is 1.42. The molecule has 2 N–H and O–H groups in total. The number of amides is 2. The third-order valence-electron chi connectivity index (χ3n) is 1.01. The first-order chi connectivity index (χ1) is 9.01. The Labute approximate surface area is 79.4 Å². The standard InChI is InChI=1S/C7H12N2O2/c1-4(2)6-7(11)8-3-5(10)9-6/h4,6H,3H2,1-2H3,(H,8,11)(H,9,10)/t6-/m0/s1/i1D3,2D3,3D2,4D,6D. The van der Waals surface area contributed by atoms with Crippen LogP contribution in [-0.2, 0) is 9.59 Å². The Hall–Kier alpha value is -1.06. The maximum absolute atomic E-state index is 11.8. The van der Waals surface area contributed by atoms with Crippen LogP contribution in [0.3, 0.4) is 0 Å². The highest BCUT2D eigenvalue weighted by molar-refractivity contribution is 5.94. The normalized spacial score (nSPS) is 52.7. The molecule has 1 aliphatic heterocycles. The highest BCUT2D eigenvalue weighted by Gasteiger charge is 2.27. The van der Waals surface area contributed by atoms with Gasteiger partial charge in [0.25, 0.3) is 0 Å². The molecule has 4 heteroatoms. The molecule has 2 amide bonds. The molecule has 1 fully saturated rings. The lowest BCUT2D eigenvalue weighted by molar-refractivity contribution is -0.134. The van der Waals surface area contributed by atoms with Crippen LogP contribution >= 0.6 is 0 Å². The first kappa shape index (κ1) is 2.00. The van der Waals surface area contributed by atoms with Gasteiger partial charge in [-0.25, -0.2) is 0 Å². The first-order valence-corrected chi connectivity index (χ1v) is 2.66. The minimum Gasteiger partial charge on any atom is -0.345 e. The van der Waals surface area contributed by atoms with E-state index >= 15 is 0 Å². The van der Waals surface area contributed by atoms with Gasteiger partial charge in [-0.2, -0.15) is 0 Å². The van der Waals surface area contributed by atoms with E-state index < -0.39 is 43.9 Å². The molecule has 1 heterocycles. The van der Waals surface area contributed by atoms with E-state index in [1.165, 1.54) is 10.6 Å². The summed E-state index contributed by atoms with van der Waals surface area (Å²) in [5.41, 5.74) is 0. The Balaban J connectivity index is 3.52. The number of hydrogen-bond acceptors (Lipinski definition) is 2. The van der Waals surface area contributed by atoms with Crippen LogP contribution in [0.1, 0.15) is 27.4 Å². The molecule has 0 aliphatic carbocycles. The number of carbonyl (C=O) groups is 2. The van der Waals surface area contributed by atoms with E-state index in [0.717, 1.165) is 0 Å². The first-order valence-electron chi connectivity index (χ1n) is 7.66. The van der Waals surface area contributed by atoms with E-state index in [1.807, 2.05) is 0 Å². The molecule has 1 aliphatic rings. The second kappa shape index (κ2) is 2.90. The Morgan fingerprint density at radius 3 is 3.27 bits per heavy atom. The zero-order chi connectivity index (χ0) is 17.1. The number of nitrogens with one attached hydrogen (secondary N) is 2. The van der Waals surface area contributed by atoms with E-state index in [1.54, 1.807) is 0 Å². The summed E-state index contributed by atoms with van der Waals surface area (Å²) in [7, 11) is 0. The Morgan fingerprint density at radius 2 is 2.64 bits per heavy atom. The molecule has 1 atom stereocenters. The van der Waals surface area contributed by atoms with Crippen LogP contribution in [0.15, 0.2) is 0 Å². The van der Waals surface area contributed by atoms with Crippen molar-refractivity contribution in [3.05, 3.63) is 0 Å². The van der Waals surface area contributed by atoms with Crippen molar-refractivity contribution in [2.24, 2.45) is 5.89 Å². The van der Waals surface area contributed by atoms with Crippen LogP contribution in [0.2, 0.25) is 0 Å². The van der Waals surface area contributed by atoms with Gasteiger partial charge in [0.15, 0.2) is 0 Å². The molecule has 1 rings (SSSR count). The predicted molar refractivity (Wildman–Crippen MR) is 39.8 cm³/mol. The lowest BCUT2D eigenvalue weighted by Crippen LogP contribution is -2.58. The van der Waals surface area contributed by atoms with Crippen molar-refractivity contribution in [2.75, 3.05) is 6.50 Å². The van der Waals surface area contributed by atoms with E-state index in [9.17, 15) is 9.59 Å². The fraction of sp³-hybridized carbons (Fsp3) is 0.714. The second-order valence-electron chi connectivity index (χ2n) is 1.78. The molecule has 4 nitrogen and oxygen atoms in total. The van der Waals surface area contributed by atoms with E-state index in [-0.39, 0.29) is 0 Å². The minimum atomic E-state index is -3.69. The van der Waals surface area contributed by atoms with Gasteiger partial charge >= 0.3 is 0 Å². The predicted octanol–water partition coefficient (Wildman–Crippen LogP) is -0.743. The quantitative estimate of drug-likeness (QED) is 0.539. The molecule has 0 radical (unpaired) electrons. The van der Waals surface area contributed by atoms with Crippen molar-refractivity contribution in [3.63, 3.8) is 0 Å². The van der Waals surface area contributed by atoms with E-state index in [0.29, 0.717) is 0 Å². The van der Waals surface area contributed by atoms with Crippen molar-refractivity contribution in [1.82, 2.24) is 10.6 Å². The van der Waals surface area contributed by atoms with Gasteiger partial charge in [-0.05, 0) is 5.89 Å². The van der Waals surface area contributed by atoms with Crippen LogP contribution in [0.5, 0.6) is 0 Å². The van der Waals surface area contributed by atoms with Gasteiger partial charge in [-0.3, -0.25) is 9.59 Å². The van der Waals surface area contributed by atoms with Gasteiger partial charge in [0.1, 0.15) is 6.02 Å². The molecule has 1 saturated heterocycles. The molecule has 0 aromatic rings. The van der Waals surface area contributed by atoms with Gasteiger partial charge in [0.05, 0.1) is 10.6 Å². The molecule has 0 aromatic carbocycles. The van der Waals surface area contributed by atoms with Crippen molar-refractivity contribution in [3.8, 4) is 0 Å². The fourth-order valence-corrected chi connectivity index (χ4v) is 0.554. The van der Waals surface area contributed by atoms with Crippen molar-refractivity contribution < 1.29 is 23.3 Å². The summed E-state index contributed by atoms with van der Waals surface area (Å²) < 4.78 is 73.0. The summed E-state index contributed by atoms with van der Waals surface area (Å²) in [6.45, 7) is -10.2. The average molecular weight is 166 g/mol. The largest absolute Gasteiger partial charge is 0.345 e. The average Bonchev–Trinajstić information content (AvgIpc) is 2.21. The molecule has 0 saturated carbocycles. The molecule has 62 valence electrons. The zero-order valence-electron chi connectivity index (χ0n) is 15.3. The van der Waals surface area contributed by atoms with Crippen LogP contribution in [0.4, 0.5) is 0 Å². The highest BCUT2D eigenvalue weighted by atomic mass is 16.2. The van der Waals surface area contributed by atoms with Gasteiger partial charge < -0.3 is 10.6 Å². The van der Waals surface area contributed by atoms with Crippen LogP contribution in [-0.4, -0.2) is 24.3 Å². The summed E-state index contributed by atoms with van der Waals surface area (Å²) >= 11 is 0. The zero-order valence-corrected chi connectivity index (χ0v) is 5.32. The van der Waals surface area contributed by atoms with Crippen molar-refractivity contribution in [2.45, 2.75) is 19.7 Å². The summed E-state index contributed by atoms with van der Waals surface area (Å²) in [4.78, 5) is 23.3. The van der Waals surface area contributed by atoms with E-state index in [4.69, 9.17) is 13.7 Å². The third-order valence-corrected chi connectivity index (χ3v) is 1.01. The number of rotatable bonds is 1. The van der Waals surface area contributed by atoms with Crippen LogP contribution in [0.25, 0.3) is 0 Å². The lowest BCUT2D eigenvalue weighted by atomic mass is 10.0. The topological polar surface area (TPSA) is 58.2 Å². The monoisotopic (exact) mass is 166 g/mol. The van der Waals surface area contributed by atoms with Crippen molar-refractivity contribution >= 4 is 11.8 Å². The summed E-state index contributed by atoms with van der Waals surface area (Å²) in [5, 5.41) is 2.84. The Kier molecular flexibility index (Phi) is 0.527. The van der Waals surface area contributed by atoms with Gasteiger partial charge in [0.2, 0.25) is 11.8 Å². The molecule has 0 bridgehead atoms. The van der Waals surface area contributed by atoms with Crippen LogP contribution in [0, 0.1) is 5.89 Å². The molecule has 0 spiro atoms. The Bertz CT molecular complexity index is 469. The number of piperazine rings is 1. The fourth-order valence-electron chi connectivity index (χ4n) is 0.554.